The Morgan fingerprint density at radius 3 is 2.52 bits per heavy atom. The monoisotopic (exact) mass is 417 g/mol. The Labute approximate surface area is 172 Å². The largest absolute Gasteiger partial charge is 0.495 e. The van der Waals surface area contributed by atoms with Crippen LogP contribution in [0.4, 0.5) is 5.69 Å². The summed E-state index contributed by atoms with van der Waals surface area (Å²) in [5, 5.41) is 0. The minimum absolute atomic E-state index is 0.0327. The molecule has 156 valence electrons. The summed E-state index contributed by atoms with van der Waals surface area (Å²) in [5.74, 6) is 0.473. The van der Waals surface area contributed by atoms with Crippen molar-refractivity contribution in [1.29, 1.82) is 0 Å². The third-order valence-corrected chi connectivity index (χ3v) is 5.50. The summed E-state index contributed by atoms with van der Waals surface area (Å²) in [7, 11) is -2.44. The summed E-state index contributed by atoms with van der Waals surface area (Å²) in [6.45, 7) is 8.08. The highest BCUT2D eigenvalue weighted by Gasteiger charge is 2.18. The Hall–Kier alpha value is -3.00. The molecular formula is C21H27N3O4S. The number of methoxy groups -OCH3 is 1. The van der Waals surface area contributed by atoms with Gasteiger partial charge >= 0.3 is 0 Å². The molecule has 3 N–H and O–H groups in total. The van der Waals surface area contributed by atoms with Gasteiger partial charge in [-0.3, -0.25) is 14.9 Å². The number of anilines is 1. The molecule has 0 atom stereocenters. The van der Waals surface area contributed by atoms with E-state index in [-0.39, 0.29) is 10.5 Å². The van der Waals surface area contributed by atoms with E-state index in [0.717, 1.165) is 12.8 Å². The summed E-state index contributed by atoms with van der Waals surface area (Å²) in [4.78, 5) is 12.3. The molecule has 0 heterocycles. The minimum atomic E-state index is -3.90. The summed E-state index contributed by atoms with van der Waals surface area (Å²) in [5.41, 5.74) is 6.53. The van der Waals surface area contributed by atoms with Crippen molar-refractivity contribution in [1.82, 2.24) is 10.9 Å². The highest BCUT2D eigenvalue weighted by molar-refractivity contribution is 7.92. The van der Waals surface area contributed by atoms with Crippen LogP contribution in [-0.4, -0.2) is 21.4 Å². The van der Waals surface area contributed by atoms with Gasteiger partial charge in [0.1, 0.15) is 5.75 Å². The van der Waals surface area contributed by atoms with Crippen LogP contribution in [0.15, 0.2) is 65.7 Å². The lowest BCUT2D eigenvalue weighted by molar-refractivity contribution is 0.0938. The zero-order chi connectivity index (χ0) is 21.4. The Bertz CT molecular complexity index is 971. The third kappa shape index (κ3) is 6.53. The van der Waals surface area contributed by atoms with Crippen molar-refractivity contribution < 1.29 is 17.9 Å². The van der Waals surface area contributed by atoms with Crippen LogP contribution in [0, 0.1) is 5.92 Å². The molecule has 29 heavy (non-hydrogen) atoms. The van der Waals surface area contributed by atoms with Gasteiger partial charge in [-0.2, -0.15) is 0 Å². The number of carbonyl (C=O) groups is 1. The molecule has 0 radical (unpaired) electrons. The Morgan fingerprint density at radius 2 is 1.83 bits per heavy atom. The van der Waals surface area contributed by atoms with Crippen LogP contribution in [0.5, 0.6) is 5.75 Å². The molecule has 0 aliphatic heterocycles. The summed E-state index contributed by atoms with van der Waals surface area (Å²) in [6, 6.07) is 12.5. The molecule has 2 rings (SSSR count). The molecule has 0 saturated carbocycles. The number of amides is 1. The normalized spacial score (nSPS) is 11.0. The maximum absolute atomic E-state index is 12.7. The maximum Gasteiger partial charge on any atom is 0.269 e. The van der Waals surface area contributed by atoms with Gasteiger partial charge in [-0.15, -0.1) is 0 Å². The van der Waals surface area contributed by atoms with Gasteiger partial charge in [-0.05, 0) is 49.1 Å². The minimum Gasteiger partial charge on any atom is -0.495 e. The first-order chi connectivity index (χ1) is 13.7. The van der Waals surface area contributed by atoms with Gasteiger partial charge in [0.2, 0.25) is 0 Å². The lowest BCUT2D eigenvalue weighted by Gasteiger charge is -2.14. The SMILES string of the molecule is C=C(CCC(C)C)NNC(=O)c1cccc(S(=O)(=O)Nc2ccccc2OC)c1. The second kappa shape index (κ2) is 9.97. The Kier molecular flexibility index (Phi) is 7.67. The molecule has 0 saturated heterocycles. The number of hydrazine groups is 1. The fourth-order valence-corrected chi connectivity index (χ4v) is 3.60. The number of para-hydroxylation sites is 2. The van der Waals surface area contributed by atoms with E-state index in [1.54, 1.807) is 24.3 Å². The summed E-state index contributed by atoms with van der Waals surface area (Å²) in [6.07, 6.45) is 1.68. The van der Waals surface area contributed by atoms with E-state index < -0.39 is 15.9 Å². The highest BCUT2D eigenvalue weighted by Crippen LogP contribution is 2.26. The maximum atomic E-state index is 12.7. The lowest BCUT2D eigenvalue weighted by Crippen LogP contribution is -2.36. The molecule has 0 spiro atoms. The van der Waals surface area contributed by atoms with Crippen LogP contribution in [0.3, 0.4) is 0 Å². The molecule has 2 aromatic rings. The van der Waals surface area contributed by atoms with Gasteiger partial charge in [-0.1, -0.05) is 38.6 Å². The van der Waals surface area contributed by atoms with Crippen molar-refractivity contribution >= 4 is 21.6 Å². The second-order valence-electron chi connectivity index (χ2n) is 6.95. The van der Waals surface area contributed by atoms with E-state index in [0.29, 0.717) is 23.1 Å². The highest BCUT2D eigenvalue weighted by atomic mass is 32.2. The molecule has 0 bridgehead atoms. The third-order valence-electron chi connectivity index (χ3n) is 4.13. The van der Waals surface area contributed by atoms with Crippen LogP contribution in [0.2, 0.25) is 0 Å². The molecule has 0 unspecified atom stereocenters. The van der Waals surface area contributed by atoms with Gasteiger partial charge in [0.15, 0.2) is 0 Å². The van der Waals surface area contributed by atoms with Crippen LogP contribution >= 0.6 is 0 Å². The first-order valence-corrected chi connectivity index (χ1v) is 10.7. The van der Waals surface area contributed by atoms with E-state index in [1.165, 1.54) is 31.4 Å². The second-order valence-corrected chi connectivity index (χ2v) is 8.63. The fourth-order valence-electron chi connectivity index (χ4n) is 2.48. The molecular weight excluding hydrogens is 390 g/mol. The topological polar surface area (TPSA) is 96.5 Å². The first-order valence-electron chi connectivity index (χ1n) is 9.23. The number of sulfonamides is 1. The van der Waals surface area contributed by atoms with Gasteiger partial charge in [0.05, 0.1) is 17.7 Å². The molecule has 8 heteroatoms. The van der Waals surface area contributed by atoms with Crippen molar-refractivity contribution in [2.24, 2.45) is 5.92 Å². The zero-order valence-corrected chi connectivity index (χ0v) is 17.7. The molecule has 0 aromatic heterocycles. The van der Waals surface area contributed by atoms with Crippen molar-refractivity contribution in [2.45, 2.75) is 31.6 Å². The van der Waals surface area contributed by atoms with E-state index in [4.69, 9.17) is 4.74 Å². The molecule has 7 nitrogen and oxygen atoms in total. The van der Waals surface area contributed by atoms with Crippen LogP contribution in [0.1, 0.15) is 37.0 Å². The number of benzene rings is 2. The predicted octanol–water partition coefficient (Wildman–Crippen LogP) is 3.68. The standard InChI is InChI=1S/C21H27N3O4S/c1-15(2)12-13-16(3)22-23-21(25)17-8-7-9-18(14-17)29(26,27)24-19-10-5-6-11-20(19)28-4/h5-11,14-15,22,24H,3,12-13H2,1-2,4H3,(H,23,25). The molecule has 1 amide bonds. The summed E-state index contributed by atoms with van der Waals surface area (Å²) >= 11 is 0. The molecule has 0 aliphatic rings. The number of allylic oxidation sites excluding steroid dienone is 1. The van der Waals surface area contributed by atoms with Crippen molar-refractivity contribution in [3.05, 3.63) is 66.4 Å². The van der Waals surface area contributed by atoms with E-state index in [9.17, 15) is 13.2 Å². The molecule has 0 fully saturated rings. The van der Waals surface area contributed by atoms with Gasteiger partial charge in [-0.25, -0.2) is 8.42 Å². The van der Waals surface area contributed by atoms with Gasteiger partial charge in [0, 0.05) is 11.3 Å². The van der Waals surface area contributed by atoms with Gasteiger partial charge < -0.3 is 10.2 Å². The number of ether oxygens (including phenoxy) is 1. The van der Waals surface area contributed by atoms with E-state index in [1.807, 2.05) is 0 Å². The molecule has 0 aliphatic carbocycles. The van der Waals surface area contributed by atoms with Gasteiger partial charge in [0.25, 0.3) is 15.9 Å². The Balaban J connectivity index is 2.09. The number of rotatable bonds is 10. The lowest BCUT2D eigenvalue weighted by atomic mass is 10.1. The fraction of sp³-hybridized carbons (Fsp3) is 0.286. The summed E-state index contributed by atoms with van der Waals surface area (Å²) < 4.78 is 33.1. The van der Waals surface area contributed by atoms with Crippen molar-refractivity contribution in [3.8, 4) is 5.75 Å². The average molecular weight is 418 g/mol. The number of carbonyl (C=O) groups excluding carboxylic acids is 1. The smallest absolute Gasteiger partial charge is 0.269 e. The number of hydrogen-bond acceptors (Lipinski definition) is 5. The average Bonchev–Trinajstić information content (AvgIpc) is 2.70. The van der Waals surface area contributed by atoms with E-state index in [2.05, 4.69) is 36.0 Å². The van der Waals surface area contributed by atoms with Crippen LogP contribution < -0.4 is 20.3 Å². The first kappa shape index (κ1) is 22.3. The van der Waals surface area contributed by atoms with Crippen molar-refractivity contribution in [2.75, 3.05) is 11.8 Å². The Morgan fingerprint density at radius 1 is 1.10 bits per heavy atom. The van der Waals surface area contributed by atoms with Crippen LogP contribution in [-0.2, 0) is 10.0 Å². The zero-order valence-electron chi connectivity index (χ0n) is 16.9. The van der Waals surface area contributed by atoms with Crippen LogP contribution in [0.25, 0.3) is 0 Å². The quantitative estimate of drug-likeness (QED) is 0.513. The number of nitrogens with one attached hydrogen (secondary N) is 3. The number of hydrogen-bond donors (Lipinski definition) is 3. The molecule has 2 aromatic carbocycles. The predicted molar refractivity (Wildman–Crippen MR) is 114 cm³/mol. The van der Waals surface area contributed by atoms with Crippen molar-refractivity contribution in [3.63, 3.8) is 0 Å². The van der Waals surface area contributed by atoms with E-state index >= 15 is 0 Å².